The number of thiazole rings is 1. The molecular weight excluding hydrogens is 390 g/mol. The predicted octanol–water partition coefficient (Wildman–Crippen LogP) is 3.18. The van der Waals surface area contributed by atoms with Crippen LogP contribution < -0.4 is 26.6 Å². The Hall–Kier alpha value is -3.92. The van der Waals surface area contributed by atoms with E-state index >= 15 is 0 Å². The van der Waals surface area contributed by atoms with Crippen molar-refractivity contribution in [3.8, 4) is 5.75 Å². The molecule has 29 heavy (non-hydrogen) atoms. The van der Waals surface area contributed by atoms with E-state index < -0.39 is 0 Å². The number of nitrogens with two attached hydrogens (primary N) is 1. The summed E-state index contributed by atoms with van der Waals surface area (Å²) in [4.78, 5) is 25.0. The third-order valence-corrected chi connectivity index (χ3v) is 5.00. The summed E-state index contributed by atoms with van der Waals surface area (Å²) in [5.41, 5.74) is 13.0. The molecule has 4 rings (SSSR count). The summed E-state index contributed by atoms with van der Waals surface area (Å²) >= 11 is 1.49. The molecule has 0 saturated carbocycles. The van der Waals surface area contributed by atoms with E-state index in [4.69, 9.17) is 10.5 Å². The van der Waals surface area contributed by atoms with Crippen LogP contribution in [-0.2, 0) is 0 Å². The largest absolute Gasteiger partial charge is 0.497 e. The average Bonchev–Trinajstić information content (AvgIpc) is 3.16. The first-order valence-corrected chi connectivity index (χ1v) is 9.39. The molecule has 10 heteroatoms. The van der Waals surface area contributed by atoms with E-state index in [9.17, 15) is 4.79 Å². The highest BCUT2D eigenvalue weighted by atomic mass is 32.1. The maximum absolute atomic E-state index is 12.3. The van der Waals surface area contributed by atoms with Gasteiger partial charge in [-0.3, -0.25) is 15.6 Å². The van der Waals surface area contributed by atoms with Gasteiger partial charge >= 0.3 is 0 Å². The van der Waals surface area contributed by atoms with Gasteiger partial charge in [-0.15, -0.1) is 0 Å². The third-order valence-electron chi connectivity index (χ3n) is 4.05. The molecule has 9 nitrogen and oxygen atoms in total. The molecule has 0 radical (unpaired) electrons. The number of hydrogen-bond donors (Lipinski definition) is 4. The van der Waals surface area contributed by atoms with E-state index in [1.807, 2.05) is 24.3 Å². The molecule has 0 fully saturated rings. The lowest BCUT2D eigenvalue weighted by atomic mass is 10.2. The van der Waals surface area contributed by atoms with Crippen molar-refractivity contribution in [2.24, 2.45) is 0 Å². The SMILES string of the molecule is COc1ccc(C(=O)NNc2ncnc(Nc3nc4ccccc4s3)c2N)cc1. The number of aromatic nitrogens is 3. The highest BCUT2D eigenvalue weighted by Gasteiger charge is 2.12. The topological polar surface area (TPSA) is 127 Å². The van der Waals surface area contributed by atoms with Gasteiger partial charge in [0.05, 0.1) is 17.3 Å². The number of anilines is 4. The van der Waals surface area contributed by atoms with Crippen LogP contribution in [0.1, 0.15) is 10.4 Å². The molecule has 0 saturated heterocycles. The van der Waals surface area contributed by atoms with Crippen molar-refractivity contribution < 1.29 is 9.53 Å². The van der Waals surface area contributed by atoms with Gasteiger partial charge in [-0.2, -0.15) is 0 Å². The second-order valence-corrected chi connectivity index (χ2v) is 6.93. The van der Waals surface area contributed by atoms with E-state index in [2.05, 4.69) is 31.1 Å². The zero-order valence-corrected chi connectivity index (χ0v) is 16.2. The fourth-order valence-electron chi connectivity index (χ4n) is 2.55. The van der Waals surface area contributed by atoms with E-state index in [0.29, 0.717) is 22.3 Å². The van der Waals surface area contributed by atoms with Crippen molar-refractivity contribution >= 4 is 49.9 Å². The van der Waals surface area contributed by atoms with Gasteiger partial charge in [0.25, 0.3) is 5.91 Å². The lowest BCUT2D eigenvalue weighted by Gasteiger charge is -2.12. The van der Waals surface area contributed by atoms with E-state index in [0.717, 1.165) is 10.2 Å². The fourth-order valence-corrected chi connectivity index (χ4v) is 3.42. The first kappa shape index (κ1) is 18.4. The van der Waals surface area contributed by atoms with E-state index in [-0.39, 0.29) is 17.4 Å². The highest BCUT2D eigenvalue weighted by Crippen LogP contribution is 2.30. The molecule has 5 N–H and O–H groups in total. The van der Waals surface area contributed by atoms with Crippen molar-refractivity contribution in [2.75, 3.05) is 23.6 Å². The Balaban J connectivity index is 1.46. The molecule has 2 aromatic heterocycles. The van der Waals surface area contributed by atoms with Gasteiger partial charge in [0.15, 0.2) is 16.8 Å². The van der Waals surface area contributed by atoms with E-state index in [1.165, 1.54) is 17.7 Å². The number of carbonyl (C=O) groups excluding carboxylic acids is 1. The average molecular weight is 407 g/mol. The summed E-state index contributed by atoms with van der Waals surface area (Å²) in [5, 5.41) is 3.76. The lowest BCUT2D eigenvalue weighted by molar-refractivity contribution is 0.0962. The van der Waals surface area contributed by atoms with Gasteiger partial charge in [-0.25, -0.2) is 15.0 Å². The number of carbonyl (C=O) groups is 1. The Labute approximate surface area is 169 Å². The third kappa shape index (κ3) is 4.01. The van der Waals surface area contributed by atoms with Gasteiger partial charge in [0.2, 0.25) is 0 Å². The molecule has 0 atom stereocenters. The molecule has 2 heterocycles. The minimum Gasteiger partial charge on any atom is -0.497 e. The van der Waals surface area contributed by atoms with Gasteiger partial charge in [0, 0.05) is 5.56 Å². The maximum Gasteiger partial charge on any atom is 0.269 e. The van der Waals surface area contributed by atoms with Crippen molar-refractivity contribution in [3.05, 3.63) is 60.4 Å². The van der Waals surface area contributed by atoms with Gasteiger partial charge in [-0.1, -0.05) is 23.5 Å². The molecule has 4 aromatic rings. The highest BCUT2D eigenvalue weighted by molar-refractivity contribution is 7.22. The summed E-state index contributed by atoms with van der Waals surface area (Å²) in [7, 11) is 1.56. The van der Waals surface area contributed by atoms with Crippen LogP contribution in [0, 0.1) is 0 Å². The van der Waals surface area contributed by atoms with Crippen LogP contribution in [-0.4, -0.2) is 28.0 Å². The van der Waals surface area contributed by atoms with Crippen molar-refractivity contribution in [1.29, 1.82) is 0 Å². The molecule has 0 spiro atoms. The van der Waals surface area contributed by atoms with Crippen molar-refractivity contribution in [3.63, 3.8) is 0 Å². The van der Waals surface area contributed by atoms with Crippen molar-refractivity contribution in [1.82, 2.24) is 20.4 Å². The fraction of sp³-hybridized carbons (Fsp3) is 0.0526. The lowest BCUT2D eigenvalue weighted by Crippen LogP contribution is -2.30. The number of nitrogen functional groups attached to an aromatic ring is 1. The number of para-hydroxylation sites is 1. The van der Waals surface area contributed by atoms with Crippen LogP contribution in [0.4, 0.5) is 22.5 Å². The number of benzene rings is 2. The monoisotopic (exact) mass is 407 g/mol. The Bertz CT molecular complexity index is 1130. The van der Waals surface area contributed by atoms with Gasteiger partial charge in [0.1, 0.15) is 17.8 Å². The van der Waals surface area contributed by atoms with Gasteiger partial charge in [-0.05, 0) is 36.4 Å². The molecule has 146 valence electrons. The second-order valence-electron chi connectivity index (χ2n) is 5.90. The number of nitrogens with one attached hydrogen (secondary N) is 3. The standard InChI is InChI=1S/C19H17N7O2S/c1-28-12-8-6-11(7-9-12)18(27)26-25-17-15(20)16(21-10-22-17)24-19-23-13-4-2-3-5-14(13)29-19/h2-10H,20H2,1H3,(H,26,27)(H2,21,22,23,24,25). The maximum atomic E-state index is 12.3. The number of amides is 1. The quantitative estimate of drug-likeness (QED) is 0.359. The first-order valence-electron chi connectivity index (χ1n) is 8.57. The number of rotatable bonds is 6. The predicted molar refractivity (Wildman–Crippen MR) is 113 cm³/mol. The zero-order valence-electron chi connectivity index (χ0n) is 15.3. The number of methoxy groups -OCH3 is 1. The summed E-state index contributed by atoms with van der Waals surface area (Å²) in [5.74, 6) is 0.984. The van der Waals surface area contributed by atoms with Crippen LogP contribution in [0.25, 0.3) is 10.2 Å². The Kier molecular flexibility index (Phi) is 5.08. The van der Waals surface area contributed by atoms with Crippen LogP contribution in [0.5, 0.6) is 5.75 Å². The van der Waals surface area contributed by atoms with E-state index in [1.54, 1.807) is 31.4 Å². The number of hydrogen-bond acceptors (Lipinski definition) is 9. The molecule has 0 aliphatic heterocycles. The van der Waals surface area contributed by atoms with Gasteiger partial charge < -0.3 is 15.8 Å². The molecule has 1 amide bonds. The molecule has 0 aliphatic carbocycles. The van der Waals surface area contributed by atoms with Crippen LogP contribution in [0.2, 0.25) is 0 Å². The summed E-state index contributed by atoms with van der Waals surface area (Å²) in [6.45, 7) is 0. The Morgan fingerprint density at radius 1 is 1.07 bits per heavy atom. The summed E-state index contributed by atoms with van der Waals surface area (Å²) in [6.07, 6.45) is 1.34. The minimum atomic E-state index is -0.341. The number of nitrogens with zero attached hydrogens (tertiary/aromatic N) is 3. The molecule has 2 aromatic carbocycles. The van der Waals surface area contributed by atoms with Crippen LogP contribution >= 0.6 is 11.3 Å². The Morgan fingerprint density at radius 2 is 1.83 bits per heavy atom. The van der Waals surface area contributed by atoms with Crippen LogP contribution in [0.15, 0.2) is 54.9 Å². The normalized spacial score (nSPS) is 10.5. The smallest absolute Gasteiger partial charge is 0.269 e. The second kappa shape index (κ2) is 7.98. The first-order chi connectivity index (χ1) is 14.1. The minimum absolute atomic E-state index is 0.252. The number of fused-ring (bicyclic) bond motifs is 1. The molecule has 0 unspecified atom stereocenters. The summed E-state index contributed by atoms with van der Waals surface area (Å²) < 4.78 is 6.13. The number of ether oxygens (including phenoxy) is 1. The summed E-state index contributed by atoms with van der Waals surface area (Å²) in [6, 6.07) is 14.5. The van der Waals surface area contributed by atoms with Crippen molar-refractivity contribution in [2.45, 2.75) is 0 Å². The zero-order chi connectivity index (χ0) is 20.2. The molecule has 0 aliphatic rings. The Morgan fingerprint density at radius 3 is 2.59 bits per heavy atom. The number of hydrazine groups is 1. The van der Waals surface area contributed by atoms with Crippen LogP contribution in [0.3, 0.4) is 0 Å². The molecule has 0 bridgehead atoms. The molecular formula is C19H17N7O2S.